The lowest BCUT2D eigenvalue weighted by atomic mass is 10.0. The molecule has 1 saturated heterocycles. The number of hydrogen-bond acceptors (Lipinski definition) is 5. The first-order valence-corrected chi connectivity index (χ1v) is 10.4. The van der Waals surface area contributed by atoms with Crippen molar-refractivity contribution in [3.63, 3.8) is 0 Å². The summed E-state index contributed by atoms with van der Waals surface area (Å²) in [6.45, 7) is 3.73. The molecular weight excluding hydrogens is 378 g/mol. The van der Waals surface area contributed by atoms with Crippen LogP contribution < -0.4 is 4.90 Å². The summed E-state index contributed by atoms with van der Waals surface area (Å²) >= 11 is 0. The van der Waals surface area contributed by atoms with Crippen LogP contribution in [-0.2, 0) is 17.8 Å². The summed E-state index contributed by atoms with van der Waals surface area (Å²) in [7, 11) is 0. The lowest BCUT2D eigenvalue weighted by Crippen LogP contribution is -2.32. The zero-order valence-electron chi connectivity index (χ0n) is 16.8. The molecule has 1 amide bonds. The summed E-state index contributed by atoms with van der Waals surface area (Å²) in [4.78, 5) is 20.9. The molecule has 0 spiro atoms. The molecule has 0 bridgehead atoms. The quantitative estimate of drug-likeness (QED) is 0.706. The molecule has 2 aliphatic rings. The van der Waals surface area contributed by atoms with Gasteiger partial charge in [0.25, 0.3) is 0 Å². The van der Waals surface area contributed by atoms with Crippen LogP contribution in [0.2, 0.25) is 0 Å². The Balaban J connectivity index is 1.16. The van der Waals surface area contributed by atoms with Crippen molar-refractivity contribution in [2.24, 2.45) is 5.92 Å². The van der Waals surface area contributed by atoms with Gasteiger partial charge in [0.2, 0.25) is 0 Å². The fourth-order valence-corrected chi connectivity index (χ4v) is 4.42. The SMILES string of the molecule is O=C(OCc1ccccn1)N1CCC(CN2CCc3cc(-c4cn[nH]c4)ccc32)C1. The topological polar surface area (TPSA) is 74.3 Å². The third-order valence-corrected chi connectivity index (χ3v) is 6.00. The minimum Gasteiger partial charge on any atom is -0.443 e. The summed E-state index contributed by atoms with van der Waals surface area (Å²) < 4.78 is 5.44. The highest BCUT2D eigenvalue weighted by atomic mass is 16.6. The number of nitrogens with one attached hydrogen (secondary N) is 1. The Labute approximate surface area is 175 Å². The van der Waals surface area contributed by atoms with Crippen LogP contribution in [0, 0.1) is 5.92 Å². The highest BCUT2D eigenvalue weighted by Crippen LogP contribution is 2.33. The lowest BCUT2D eigenvalue weighted by Gasteiger charge is -2.24. The van der Waals surface area contributed by atoms with Gasteiger partial charge in [-0.1, -0.05) is 12.1 Å². The number of H-pyrrole nitrogens is 1. The van der Waals surface area contributed by atoms with Gasteiger partial charge in [-0.25, -0.2) is 4.79 Å². The van der Waals surface area contributed by atoms with Crippen LogP contribution in [0.3, 0.4) is 0 Å². The monoisotopic (exact) mass is 403 g/mol. The standard InChI is InChI=1S/C23H25N5O2/c29-23(30-16-21-3-1-2-8-24-21)28-9-6-17(15-28)14-27-10-7-19-11-18(4-5-22(19)27)20-12-25-26-13-20/h1-5,8,11-13,17H,6-7,9-10,14-16H2,(H,25,26). The van der Waals surface area contributed by atoms with Gasteiger partial charge in [-0.3, -0.25) is 10.1 Å². The van der Waals surface area contributed by atoms with E-state index in [9.17, 15) is 4.79 Å². The number of amides is 1. The molecule has 5 rings (SSSR count). The van der Waals surface area contributed by atoms with E-state index in [4.69, 9.17) is 4.74 Å². The molecule has 1 aromatic carbocycles. The molecule has 1 fully saturated rings. The Morgan fingerprint density at radius 2 is 2.17 bits per heavy atom. The van der Waals surface area contributed by atoms with Crippen molar-refractivity contribution in [3.05, 3.63) is 66.2 Å². The Morgan fingerprint density at radius 3 is 3.00 bits per heavy atom. The van der Waals surface area contributed by atoms with E-state index in [0.29, 0.717) is 5.92 Å². The highest BCUT2D eigenvalue weighted by Gasteiger charge is 2.30. The highest BCUT2D eigenvalue weighted by molar-refractivity contribution is 5.70. The van der Waals surface area contributed by atoms with Gasteiger partial charge in [0, 0.05) is 49.8 Å². The van der Waals surface area contributed by atoms with Crippen molar-refractivity contribution in [2.45, 2.75) is 19.4 Å². The average molecular weight is 403 g/mol. The molecule has 1 N–H and O–H groups in total. The van der Waals surface area contributed by atoms with Crippen molar-refractivity contribution in [3.8, 4) is 11.1 Å². The molecule has 3 aromatic rings. The number of anilines is 1. The number of rotatable bonds is 5. The third kappa shape index (κ3) is 3.87. The van der Waals surface area contributed by atoms with Crippen LogP contribution in [0.15, 0.2) is 55.0 Å². The van der Waals surface area contributed by atoms with E-state index in [1.807, 2.05) is 35.5 Å². The molecule has 0 radical (unpaired) electrons. The molecule has 7 heteroatoms. The molecule has 1 unspecified atom stereocenters. The van der Waals surface area contributed by atoms with E-state index in [0.717, 1.165) is 50.3 Å². The Bertz CT molecular complexity index is 1010. The molecular formula is C23H25N5O2. The largest absolute Gasteiger partial charge is 0.443 e. The number of aromatic amines is 1. The van der Waals surface area contributed by atoms with Gasteiger partial charge in [0.15, 0.2) is 0 Å². The number of hydrogen-bond donors (Lipinski definition) is 1. The fraction of sp³-hybridized carbons (Fsp3) is 0.348. The van der Waals surface area contributed by atoms with Gasteiger partial charge < -0.3 is 14.5 Å². The van der Waals surface area contributed by atoms with Gasteiger partial charge in [0.1, 0.15) is 6.61 Å². The van der Waals surface area contributed by atoms with Crippen molar-refractivity contribution < 1.29 is 9.53 Å². The molecule has 0 aliphatic carbocycles. The Hall–Kier alpha value is -3.35. The first kappa shape index (κ1) is 18.7. The maximum absolute atomic E-state index is 12.4. The molecule has 30 heavy (non-hydrogen) atoms. The second-order valence-electron chi connectivity index (χ2n) is 8.00. The number of aromatic nitrogens is 3. The third-order valence-electron chi connectivity index (χ3n) is 6.00. The van der Waals surface area contributed by atoms with Crippen molar-refractivity contribution >= 4 is 11.8 Å². The molecule has 2 aromatic heterocycles. The summed E-state index contributed by atoms with van der Waals surface area (Å²) in [6.07, 6.45) is 7.32. The molecule has 2 aliphatic heterocycles. The first-order valence-electron chi connectivity index (χ1n) is 10.4. The van der Waals surface area contributed by atoms with Crippen molar-refractivity contribution in [1.82, 2.24) is 20.1 Å². The number of likely N-dealkylation sites (tertiary alicyclic amines) is 1. The van der Waals surface area contributed by atoms with E-state index >= 15 is 0 Å². The molecule has 1 atom stereocenters. The first-order chi connectivity index (χ1) is 14.8. The smallest absolute Gasteiger partial charge is 0.410 e. The number of benzene rings is 1. The van der Waals surface area contributed by atoms with Gasteiger partial charge in [-0.05, 0) is 54.2 Å². The Morgan fingerprint density at radius 1 is 1.20 bits per heavy atom. The second kappa shape index (κ2) is 8.18. The molecule has 7 nitrogen and oxygen atoms in total. The number of carbonyl (C=O) groups is 1. The number of ether oxygens (including phenoxy) is 1. The van der Waals surface area contributed by atoms with E-state index in [1.54, 1.807) is 6.20 Å². The molecule has 154 valence electrons. The van der Waals surface area contributed by atoms with Gasteiger partial charge >= 0.3 is 6.09 Å². The Kier molecular flexibility index (Phi) is 5.09. The van der Waals surface area contributed by atoms with E-state index in [-0.39, 0.29) is 12.7 Å². The number of carbonyl (C=O) groups excluding carboxylic acids is 1. The minimum atomic E-state index is -0.241. The zero-order valence-corrected chi connectivity index (χ0v) is 16.8. The summed E-state index contributed by atoms with van der Waals surface area (Å²) in [5, 5.41) is 6.92. The minimum absolute atomic E-state index is 0.222. The molecule has 4 heterocycles. The predicted molar refractivity (Wildman–Crippen MR) is 114 cm³/mol. The van der Waals surface area contributed by atoms with Crippen molar-refractivity contribution in [2.75, 3.05) is 31.1 Å². The van der Waals surface area contributed by atoms with Gasteiger partial charge in [0.05, 0.1) is 11.9 Å². The predicted octanol–water partition coefficient (Wildman–Crippen LogP) is 3.49. The van der Waals surface area contributed by atoms with Crippen LogP contribution in [0.4, 0.5) is 10.5 Å². The lowest BCUT2D eigenvalue weighted by molar-refractivity contribution is 0.102. The van der Waals surface area contributed by atoms with E-state index < -0.39 is 0 Å². The second-order valence-corrected chi connectivity index (χ2v) is 8.00. The van der Waals surface area contributed by atoms with Gasteiger partial charge in [-0.2, -0.15) is 5.10 Å². The van der Waals surface area contributed by atoms with Gasteiger partial charge in [-0.15, -0.1) is 0 Å². The fourth-order valence-electron chi connectivity index (χ4n) is 4.42. The summed E-state index contributed by atoms with van der Waals surface area (Å²) in [6, 6.07) is 12.3. The van der Waals surface area contributed by atoms with Crippen LogP contribution >= 0.6 is 0 Å². The maximum atomic E-state index is 12.4. The van der Waals surface area contributed by atoms with E-state index in [2.05, 4.69) is 38.3 Å². The number of pyridine rings is 1. The normalized spacial score (nSPS) is 17.9. The van der Waals surface area contributed by atoms with Crippen LogP contribution in [0.1, 0.15) is 17.7 Å². The molecule has 0 saturated carbocycles. The van der Waals surface area contributed by atoms with Crippen molar-refractivity contribution in [1.29, 1.82) is 0 Å². The van der Waals surface area contributed by atoms with E-state index in [1.165, 1.54) is 16.8 Å². The number of fused-ring (bicyclic) bond motifs is 1. The van der Waals surface area contributed by atoms with Crippen LogP contribution in [0.5, 0.6) is 0 Å². The summed E-state index contributed by atoms with van der Waals surface area (Å²) in [5.74, 6) is 0.465. The van der Waals surface area contributed by atoms with Crippen LogP contribution in [-0.4, -0.2) is 52.4 Å². The average Bonchev–Trinajstić information content (AvgIpc) is 3.54. The zero-order chi connectivity index (χ0) is 20.3. The summed E-state index contributed by atoms with van der Waals surface area (Å²) in [5.41, 5.74) is 5.79. The number of nitrogens with zero attached hydrogens (tertiary/aromatic N) is 4. The maximum Gasteiger partial charge on any atom is 0.410 e. The van der Waals surface area contributed by atoms with Crippen LogP contribution in [0.25, 0.3) is 11.1 Å².